The van der Waals surface area contributed by atoms with Crippen LogP contribution in [0.15, 0.2) is 24.3 Å². The fourth-order valence-electron chi connectivity index (χ4n) is 7.57. The molecular formula is C47H76O6. The number of aromatic hydroxyl groups is 2. The summed E-state index contributed by atoms with van der Waals surface area (Å²) in [5.41, 5.74) is 6.04. The maximum absolute atomic E-state index is 11.4. The number of phenolic OH excluding ortho intramolecular Hbond substituents is 2. The zero-order chi connectivity index (χ0) is 39.6. The second kappa shape index (κ2) is 16.9. The smallest absolute Gasteiger partial charge is 0.157 e. The van der Waals surface area contributed by atoms with Gasteiger partial charge in [-0.15, -0.1) is 0 Å². The Bertz CT molecular complexity index is 1310. The van der Waals surface area contributed by atoms with Gasteiger partial charge in [0, 0.05) is 22.3 Å². The molecule has 2 aromatic rings. The van der Waals surface area contributed by atoms with Crippen LogP contribution >= 0.6 is 0 Å². The molecular weight excluding hydrogens is 661 g/mol. The van der Waals surface area contributed by atoms with Gasteiger partial charge in [-0.05, 0) is 96.0 Å². The molecule has 4 rings (SSSR count). The van der Waals surface area contributed by atoms with Crippen molar-refractivity contribution in [3.8, 4) is 11.5 Å². The lowest BCUT2D eigenvalue weighted by molar-refractivity contribution is -0.304. The molecule has 1 spiro atoms. The fraction of sp³-hybridized carbons (Fsp3) is 0.745. The van der Waals surface area contributed by atoms with Crippen LogP contribution in [-0.2, 0) is 40.6 Å². The monoisotopic (exact) mass is 737 g/mol. The highest BCUT2D eigenvalue weighted by molar-refractivity contribution is 5.52. The van der Waals surface area contributed by atoms with Crippen molar-refractivity contribution in [3.05, 3.63) is 57.6 Å². The molecule has 0 bridgehead atoms. The summed E-state index contributed by atoms with van der Waals surface area (Å²) in [7, 11) is 0. The minimum atomic E-state index is -0.277. The number of benzene rings is 2. The van der Waals surface area contributed by atoms with E-state index < -0.39 is 0 Å². The minimum absolute atomic E-state index is 0.109. The number of hydrogen-bond donors (Lipinski definition) is 2. The van der Waals surface area contributed by atoms with Gasteiger partial charge < -0.3 is 29.2 Å². The quantitative estimate of drug-likeness (QED) is 0.179. The van der Waals surface area contributed by atoms with Crippen molar-refractivity contribution in [1.29, 1.82) is 0 Å². The topological polar surface area (TPSA) is 77.4 Å². The predicted molar refractivity (Wildman–Crippen MR) is 219 cm³/mol. The van der Waals surface area contributed by atoms with Gasteiger partial charge in [0.2, 0.25) is 0 Å². The van der Waals surface area contributed by atoms with Crippen LogP contribution in [0, 0.1) is 5.41 Å². The summed E-state index contributed by atoms with van der Waals surface area (Å²) in [5.74, 6) is 1.53. The molecule has 6 heteroatoms. The summed E-state index contributed by atoms with van der Waals surface area (Å²) < 4.78 is 25.3. The molecule has 2 fully saturated rings. The lowest BCUT2D eigenvalue weighted by Gasteiger charge is -2.44. The van der Waals surface area contributed by atoms with E-state index in [1.54, 1.807) is 0 Å². The van der Waals surface area contributed by atoms with Crippen LogP contribution in [0.1, 0.15) is 194 Å². The molecule has 2 aromatic carbocycles. The number of ether oxygens (including phenoxy) is 4. The average molecular weight is 737 g/mol. The van der Waals surface area contributed by atoms with Gasteiger partial charge in [0.25, 0.3) is 0 Å². The van der Waals surface area contributed by atoms with Crippen molar-refractivity contribution in [2.75, 3.05) is 26.4 Å². The van der Waals surface area contributed by atoms with E-state index in [-0.39, 0.29) is 39.7 Å². The van der Waals surface area contributed by atoms with E-state index >= 15 is 0 Å². The van der Waals surface area contributed by atoms with Crippen molar-refractivity contribution in [2.24, 2.45) is 5.41 Å². The van der Waals surface area contributed by atoms with Crippen LogP contribution in [0.2, 0.25) is 0 Å². The number of hydrogen-bond acceptors (Lipinski definition) is 6. The largest absolute Gasteiger partial charge is 0.507 e. The van der Waals surface area contributed by atoms with Crippen LogP contribution in [0.3, 0.4) is 0 Å². The molecule has 0 aromatic heterocycles. The zero-order valence-corrected chi connectivity index (χ0v) is 36.1. The normalized spacial score (nSPS) is 23.0. The molecule has 53 heavy (non-hydrogen) atoms. The van der Waals surface area contributed by atoms with Crippen LogP contribution in [-0.4, -0.2) is 49.2 Å². The Balaban J connectivity index is 1.32. The van der Waals surface area contributed by atoms with Crippen molar-refractivity contribution in [2.45, 2.75) is 194 Å². The summed E-state index contributed by atoms with van der Waals surface area (Å²) in [5, 5.41) is 22.8. The first kappa shape index (κ1) is 43.6. The molecule has 2 saturated heterocycles. The molecule has 2 atom stereocenters. The van der Waals surface area contributed by atoms with E-state index in [1.807, 2.05) is 0 Å². The zero-order valence-electron chi connectivity index (χ0n) is 36.1. The summed E-state index contributed by atoms with van der Waals surface area (Å²) in [6.07, 6.45) is 6.84. The standard InChI is InChI=1S/C47H76O6/c1-15-43(7,8)35-23-33(24-36(41(35)48)44(9,10)16-2)31(5)19-21-39-50-27-47(28-51-39)29-52-40(53-30-47)22-20-32(6)34-25-37(45(11,12)17-3)42(49)38(26-34)46(13,14)18-4/h23-26,31-32,39-40,48-49H,15-22,27-30H2,1-14H3. The first-order valence-electron chi connectivity index (χ1n) is 20.9. The van der Waals surface area contributed by atoms with Gasteiger partial charge in [0.05, 0.1) is 31.8 Å². The molecule has 0 saturated carbocycles. The highest BCUT2D eigenvalue weighted by Crippen LogP contribution is 2.46. The molecule has 0 radical (unpaired) electrons. The van der Waals surface area contributed by atoms with Crippen LogP contribution in [0.25, 0.3) is 0 Å². The molecule has 2 aliphatic heterocycles. The Morgan fingerprint density at radius 2 is 0.774 bits per heavy atom. The van der Waals surface area contributed by atoms with Gasteiger partial charge in [-0.3, -0.25) is 0 Å². The van der Waals surface area contributed by atoms with Gasteiger partial charge in [0.15, 0.2) is 12.6 Å². The molecule has 2 unspecified atom stereocenters. The molecule has 2 aliphatic rings. The lowest BCUT2D eigenvalue weighted by atomic mass is 9.73. The summed E-state index contributed by atoms with van der Waals surface area (Å²) in [6, 6.07) is 8.96. The molecule has 2 heterocycles. The SMILES string of the molecule is CCC(C)(C)c1cc(C(C)CCC2OCC3(CO2)COC(CCC(C)c2cc(C(C)(C)CC)c(O)c(C(C)(C)CC)c2)OC3)cc(C(C)(C)CC)c1O. The van der Waals surface area contributed by atoms with E-state index in [4.69, 9.17) is 18.9 Å². The summed E-state index contributed by atoms with van der Waals surface area (Å²) in [4.78, 5) is 0. The van der Waals surface area contributed by atoms with Crippen molar-refractivity contribution in [1.82, 2.24) is 0 Å². The Morgan fingerprint density at radius 1 is 0.528 bits per heavy atom. The van der Waals surface area contributed by atoms with Crippen LogP contribution in [0.4, 0.5) is 0 Å². The second-order valence-electron chi connectivity index (χ2n) is 19.4. The first-order valence-corrected chi connectivity index (χ1v) is 20.9. The predicted octanol–water partition coefficient (Wildman–Crippen LogP) is 12.0. The third-order valence-electron chi connectivity index (χ3n) is 13.8. The first-order chi connectivity index (χ1) is 24.7. The van der Waals surface area contributed by atoms with Crippen molar-refractivity contribution in [3.63, 3.8) is 0 Å². The van der Waals surface area contributed by atoms with Crippen LogP contribution < -0.4 is 0 Å². The van der Waals surface area contributed by atoms with Crippen molar-refractivity contribution >= 4 is 0 Å². The molecule has 300 valence electrons. The Morgan fingerprint density at radius 3 is 1.00 bits per heavy atom. The summed E-state index contributed by atoms with van der Waals surface area (Å²) >= 11 is 0. The highest BCUT2D eigenvalue weighted by Gasteiger charge is 2.42. The number of rotatable bonds is 16. The van der Waals surface area contributed by atoms with Crippen molar-refractivity contribution < 1.29 is 29.2 Å². The van der Waals surface area contributed by atoms with Gasteiger partial charge in [-0.1, -0.05) is 121 Å². The third kappa shape index (κ3) is 9.83. The average Bonchev–Trinajstić information content (AvgIpc) is 3.13. The van der Waals surface area contributed by atoms with Crippen LogP contribution in [0.5, 0.6) is 11.5 Å². The van der Waals surface area contributed by atoms with Gasteiger partial charge in [-0.2, -0.15) is 0 Å². The maximum atomic E-state index is 11.4. The van der Waals surface area contributed by atoms with E-state index in [9.17, 15) is 10.2 Å². The highest BCUT2D eigenvalue weighted by atomic mass is 16.7. The Hall–Kier alpha value is -2.12. The van der Waals surface area contributed by atoms with E-state index in [0.29, 0.717) is 49.8 Å². The fourth-order valence-corrected chi connectivity index (χ4v) is 7.57. The Kier molecular flexibility index (Phi) is 13.9. The number of phenols is 2. The molecule has 6 nitrogen and oxygen atoms in total. The lowest BCUT2D eigenvalue weighted by Crippen LogP contribution is -2.52. The van der Waals surface area contributed by atoms with Gasteiger partial charge in [0.1, 0.15) is 11.5 Å². The van der Waals surface area contributed by atoms with Gasteiger partial charge >= 0.3 is 0 Å². The summed E-state index contributed by atoms with van der Waals surface area (Å²) in [6.45, 7) is 33.4. The van der Waals surface area contributed by atoms with E-state index in [0.717, 1.165) is 73.6 Å². The minimum Gasteiger partial charge on any atom is -0.507 e. The molecule has 0 aliphatic carbocycles. The molecule has 0 amide bonds. The third-order valence-corrected chi connectivity index (χ3v) is 13.8. The van der Waals surface area contributed by atoms with E-state index in [2.05, 4.69) is 121 Å². The van der Waals surface area contributed by atoms with Gasteiger partial charge in [-0.25, -0.2) is 0 Å². The second-order valence-corrected chi connectivity index (χ2v) is 19.4. The maximum Gasteiger partial charge on any atom is 0.157 e. The Labute approximate surface area is 323 Å². The molecule has 2 N–H and O–H groups in total. The van der Waals surface area contributed by atoms with E-state index in [1.165, 1.54) is 11.1 Å².